The summed E-state index contributed by atoms with van der Waals surface area (Å²) in [5.74, 6) is -0.106. The summed E-state index contributed by atoms with van der Waals surface area (Å²) in [5.41, 5.74) is 6.80. The molecule has 0 bridgehead atoms. The van der Waals surface area contributed by atoms with Gasteiger partial charge in [-0.1, -0.05) is 6.07 Å². The summed E-state index contributed by atoms with van der Waals surface area (Å²) in [6.07, 6.45) is 3.43. The van der Waals surface area contributed by atoms with Crippen LogP contribution in [0.15, 0.2) is 18.3 Å². The van der Waals surface area contributed by atoms with Gasteiger partial charge in [-0.15, -0.1) is 0 Å². The van der Waals surface area contributed by atoms with E-state index in [0.717, 1.165) is 18.4 Å². The van der Waals surface area contributed by atoms with Crippen molar-refractivity contribution in [3.8, 4) is 0 Å². The molecule has 0 aromatic carbocycles. The van der Waals surface area contributed by atoms with Gasteiger partial charge in [-0.3, -0.25) is 9.78 Å². The fourth-order valence-electron chi connectivity index (χ4n) is 2.11. The Morgan fingerprint density at radius 2 is 2.41 bits per heavy atom. The summed E-state index contributed by atoms with van der Waals surface area (Å²) in [7, 11) is 0. The van der Waals surface area contributed by atoms with Crippen molar-refractivity contribution in [2.24, 2.45) is 5.73 Å². The van der Waals surface area contributed by atoms with Crippen LogP contribution in [-0.4, -0.2) is 40.1 Å². The molecule has 5 heteroatoms. The summed E-state index contributed by atoms with van der Waals surface area (Å²) in [5, 5.41) is 9.18. The molecular weight excluding hydrogens is 218 g/mol. The summed E-state index contributed by atoms with van der Waals surface area (Å²) in [6, 6.07) is 3.44. The van der Waals surface area contributed by atoms with E-state index in [1.165, 1.54) is 0 Å². The standard InChI is InChI=1S/C12H17N3O2/c13-6-9-3-4-11(14-7-9)12(17)15-5-1-2-10(15)8-16/h3-4,7,10,16H,1-2,5-6,8,13H2/t10-/m0/s1. The van der Waals surface area contributed by atoms with Gasteiger partial charge in [0.1, 0.15) is 5.69 Å². The number of likely N-dealkylation sites (tertiary alicyclic amines) is 1. The van der Waals surface area contributed by atoms with Crippen LogP contribution in [-0.2, 0) is 6.54 Å². The lowest BCUT2D eigenvalue weighted by atomic mass is 10.2. The number of pyridine rings is 1. The monoisotopic (exact) mass is 235 g/mol. The van der Waals surface area contributed by atoms with E-state index >= 15 is 0 Å². The highest BCUT2D eigenvalue weighted by Crippen LogP contribution is 2.18. The molecule has 1 fully saturated rings. The Morgan fingerprint density at radius 3 is 3.00 bits per heavy atom. The number of amides is 1. The number of nitrogens with zero attached hydrogens (tertiary/aromatic N) is 2. The molecule has 0 spiro atoms. The van der Waals surface area contributed by atoms with Crippen molar-refractivity contribution in [3.63, 3.8) is 0 Å². The van der Waals surface area contributed by atoms with Gasteiger partial charge in [-0.05, 0) is 24.5 Å². The number of nitrogens with two attached hydrogens (primary N) is 1. The lowest BCUT2D eigenvalue weighted by molar-refractivity contribution is 0.0671. The first-order valence-electron chi connectivity index (χ1n) is 5.83. The van der Waals surface area contributed by atoms with Crippen LogP contribution in [0.5, 0.6) is 0 Å². The summed E-state index contributed by atoms with van der Waals surface area (Å²) in [4.78, 5) is 17.9. The molecule has 1 aliphatic heterocycles. The van der Waals surface area contributed by atoms with Crippen LogP contribution in [0, 0.1) is 0 Å². The maximum atomic E-state index is 12.1. The van der Waals surface area contributed by atoms with Gasteiger partial charge in [0, 0.05) is 19.3 Å². The molecule has 2 rings (SSSR count). The molecule has 5 nitrogen and oxygen atoms in total. The van der Waals surface area contributed by atoms with Gasteiger partial charge in [-0.2, -0.15) is 0 Å². The number of aliphatic hydroxyl groups excluding tert-OH is 1. The summed E-state index contributed by atoms with van der Waals surface area (Å²) < 4.78 is 0. The van der Waals surface area contributed by atoms with Gasteiger partial charge in [0.25, 0.3) is 5.91 Å². The molecule has 92 valence electrons. The van der Waals surface area contributed by atoms with E-state index in [1.807, 2.05) is 6.07 Å². The van der Waals surface area contributed by atoms with Crippen molar-refractivity contribution in [1.82, 2.24) is 9.88 Å². The van der Waals surface area contributed by atoms with Gasteiger partial charge in [0.2, 0.25) is 0 Å². The zero-order valence-corrected chi connectivity index (χ0v) is 9.67. The van der Waals surface area contributed by atoms with Crippen LogP contribution < -0.4 is 5.73 Å². The Kier molecular flexibility index (Phi) is 3.71. The molecule has 17 heavy (non-hydrogen) atoms. The third kappa shape index (κ3) is 2.45. The lowest BCUT2D eigenvalue weighted by Gasteiger charge is -2.22. The minimum atomic E-state index is -0.106. The van der Waals surface area contributed by atoms with Crippen molar-refractivity contribution < 1.29 is 9.90 Å². The third-order valence-electron chi connectivity index (χ3n) is 3.13. The van der Waals surface area contributed by atoms with Crippen LogP contribution in [0.2, 0.25) is 0 Å². The Morgan fingerprint density at radius 1 is 1.59 bits per heavy atom. The van der Waals surface area contributed by atoms with Gasteiger partial charge < -0.3 is 15.7 Å². The number of carbonyl (C=O) groups excluding carboxylic acids is 1. The van der Waals surface area contributed by atoms with E-state index < -0.39 is 0 Å². The van der Waals surface area contributed by atoms with Gasteiger partial charge in [-0.25, -0.2) is 0 Å². The van der Waals surface area contributed by atoms with E-state index in [0.29, 0.717) is 18.8 Å². The smallest absolute Gasteiger partial charge is 0.272 e. The quantitative estimate of drug-likeness (QED) is 0.781. The van der Waals surface area contributed by atoms with Crippen molar-refractivity contribution in [1.29, 1.82) is 0 Å². The molecule has 1 aromatic rings. The number of hydrogen-bond donors (Lipinski definition) is 2. The molecule has 1 saturated heterocycles. The molecule has 1 atom stereocenters. The van der Waals surface area contributed by atoms with Gasteiger partial charge >= 0.3 is 0 Å². The molecule has 1 aliphatic rings. The van der Waals surface area contributed by atoms with E-state index in [2.05, 4.69) is 4.98 Å². The van der Waals surface area contributed by atoms with Crippen molar-refractivity contribution in [2.45, 2.75) is 25.4 Å². The molecule has 0 unspecified atom stereocenters. The molecule has 0 radical (unpaired) electrons. The van der Waals surface area contributed by atoms with Crippen LogP contribution in [0.1, 0.15) is 28.9 Å². The molecule has 1 amide bonds. The number of rotatable bonds is 3. The van der Waals surface area contributed by atoms with Crippen LogP contribution in [0.4, 0.5) is 0 Å². The molecule has 2 heterocycles. The first-order chi connectivity index (χ1) is 8.26. The zero-order valence-electron chi connectivity index (χ0n) is 9.67. The highest BCUT2D eigenvalue weighted by Gasteiger charge is 2.29. The third-order valence-corrected chi connectivity index (χ3v) is 3.13. The predicted octanol–water partition coefficient (Wildman–Crippen LogP) is 0.137. The second-order valence-electron chi connectivity index (χ2n) is 4.23. The van der Waals surface area contributed by atoms with E-state index in [4.69, 9.17) is 5.73 Å². The molecule has 3 N–H and O–H groups in total. The van der Waals surface area contributed by atoms with Gasteiger partial charge in [0.05, 0.1) is 12.6 Å². The average molecular weight is 235 g/mol. The fourth-order valence-corrected chi connectivity index (χ4v) is 2.11. The summed E-state index contributed by atoms with van der Waals surface area (Å²) >= 11 is 0. The number of aromatic nitrogens is 1. The van der Waals surface area contributed by atoms with Crippen LogP contribution in [0.25, 0.3) is 0 Å². The highest BCUT2D eigenvalue weighted by molar-refractivity contribution is 5.92. The normalized spacial score (nSPS) is 19.6. The van der Waals surface area contributed by atoms with Crippen molar-refractivity contribution in [2.75, 3.05) is 13.2 Å². The number of carbonyl (C=O) groups is 1. The Bertz CT molecular complexity index is 391. The zero-order chi connectivity index (χ0) is 12.3. The Labute approximate surface area is 100 Å². The van der Waals surface area contributed by atoms with Gasteiger partial charge in [0.15, 0.2) is 0 Å². The highest BCUT2D eigenvalue weighted by atomic mass is 16.3. The molecule has 1 aromatic heterocycles. The first kappa shape index (κ1) is 12.0. The largest absolute Gasteiger partial charge is 0.394 e. The first-order valence-corrected chi connectivity index (χ1v) is 5.83. The second kappa shape index (κ2) is 5.25. The van der Waals surface area contributed by atoms with E-state index in [9.17, 15) is 9.90 Å². The van der Waals surface area contributed by atoms with Crippen LogP contribution in [0.3, 0.4) is 0 Å². The second-order valence-corrected chi connectivity index (χ2v) is 4.23. The Balaban J connectivity index is 2.13. The minimum Gasteiger partial charge on any atom is -0.394 e. The average Bonchev–Trinajstić information content (AvgIpc) is 2.86. The van der Waals surface area contributed by atoms with E-state index in [-0.39, 0.29) is 18.6 Å². The lowest BCUT2D eigenvalue weighted by Crippen LogP contribution is -2.38. The van der Waals surface area contributed by atoms with Crippen molar-refractivity contribution >= 4 is 5.91 Å². The molecular formula is C12H17N3O2. The maximum absolute atomic E-state index is 12.1. The topological polar surface area (TPSA) is 79.5 Å². The molecule has 0 saturated carbocycles. The SMILES string of the molecule is NCc1ccc(C(=O)N2CCC[C@H]2CO)nc1. The van der Waals surface area contributed by atoms with Crippen LogP contribution >= 0.6 is 0 Å². The Hall–Kier alpha value is -1.46. The number of aliphatic hydroxyl groups is 1. The minimum absolute atomic E-state index is 0.0205. The fraction of sp³-hybridized carbons (Fsp3) is 0.500. The molecule has 0 aliphatic carbocycles. The maximum Gasteiger partial charge on any atom is 0.272 e. The summed E-state index contributed by atoms with van der Waals surface area (Å²) in [6.45, 7) is 1.14. The predicted molar refractivity (Wildman–Crippen MR) is 63.3 cm³/mol. The van der Waals surface area contributed by atoms with Crippen molar-refractivity contribution in [3.05, 3.63) is 29.6 Å². The van der Waals surface area contributed by atoms with E-state index in [1.54, 1.807) is 17.2 Å². The number of hydrogen-bond acceptors (Lipinski definition) is 4.